The Morgan fingerprint density at radius 1 is 1.39 bits per heavy atom. The molecule has 2 rings (SSSR count). The molecule has 0 N–H and O–H groups in total. The van der Waals surface area contributed by atoms with Gasteiger partial charge in [-0.2, -0.15) is 0 Å². The predicted molar refractivity (Wildman–Crippen MR) is 65.5 cm³/mol. The molecule has 0 radical (unpaired) electrons. The highest BCUT2D eigenvalue weighted by Gasteiger charge is 2.29. The van der Waals surface area contributed by atoms with Gasteiger partial charge in [-0.1, -0.05) is 24.3 Å². The van der Waals surface area contributed by atoms with Crippen molar-refractivity contribution in [2.75, 3.05) is 6.61 Å². The van der Waals surface area contributed by atoms with Gasteiger partial charge in [-0.15, -0.1) is 0 Å². The maximum atomic E-state index is 11.8. The fourth-order valence-electron chi connectivity index (χ4n) is 1.99. The lowest BCUT2D eigenvalue weighted by molar-refractivity contribution is -0.138. The second-order valence-corrected chi connectivity index (χ2v) is 3.80. The van der Waals surface area contributed by atoms with Crippen LogP contribution in [0, 0.1) is 6.57 Å². The van der Waals surface area contributed by atoms with E-state index in [1.807, 2.05) is 0 Å². The zero-order valence-electron chi connectivity index (χ0n) is 9.90. The molecule has 0 aromatic heterocycles. The Kier molecular flexibility index (Phi) is 3.24. The van der Waals surface area contributed by atoms with Crippen LogP contribution in [-0.4, -0.2) is 18.4 Å². The van der Waals surface area contributed by atoms with Crippen LogP contribution in [-0.2, 0) is 9.53 Å². The van der Waals surface area contributed by atoms with E-state index >= 15 is 0 Å². The number of ether oxygens (including phenoxy) is 1. The van der Waals surface area contributed by atoms with E-state index in [9.17, 15) is 9.59 Å². The lowest BCUT2D eigenvalue weighted by Gasteiger charge is -2.04. The van der Waals surface area contributed by atoms with Crippen molar-refractivity contribution >= 4 is 17.3 Å². The number of ketones is 1. The number of carbonyl (C=O) groups is 2. The van der Waals surface area contributed by atoms with Crippen molar-refractivity contribution in [2.24, 2.45) is 0 Å². The average Bonchev–Trinajstić information content (AvgIpc) is 2.69. The zero-order chi connectivity index (χ0) is 13.1. The molecular weight excluding hydrogens is 230 g/mol. The fourth-order valence-corrected chi connectivity index (χ4v) is 1.99. The number of hydrogen-bond acceptors (Lipinski definition) is 3. The molecule has 1 aromatic carbocycles. The van der Waals surface area contributed by atoms with Gasteiger partial charge in [0.1, 0.15) is 0 Å². The number of benzene rings is 1. The monoisotopic (exact) mass is 241 g/mol. The highest BCUT2D eigenvalue weighted by Crippen LogP contribution is 2.35. The first-order chi connectivity index (χ1) is 8.69. The van der Waals surface area contributed by atoms with Gasteiger partial charge in [-0.25, -0.2) is 4.85 Å². The third-order valence-corrected chi connectivity index (χ3v) is 2.76. The SMILES string of the molecule is [C-]#[N+]/C(C(=O)OCC)=C1/CC(=O)c2ccccc21. The first-order valence-electron chi connectivity index (χ1n) is 5.59. The van der Waals surface area contributed by atoms with E-state index in [1.165, 1.54) is 0 Å². The van der Waals surface area contributed by atoms with Gasteiger partial charge in [0.15, 0.2) is 5.78 Å². The normalized spacial score (nSPS) is 15.9. The van der Waals surface area contributed by atoms with Gasteiger partial charge < -0.3 is 4.74 Å². The van der Waals surface area contributed by atoms with Gasteiger partial charge in [0.05, 0.1) is 13.2 Å². The molecule has 90 valence electrons. The number of rotatable bonds is 2. The van der Waals surface area contributed by atoms with Crippen LogP contribution in [0.25, 0.3) is 10.4 Å². The van der Waals surface area contributed by atoms with Gasteiger partial charge >= 0.3 is 5.97 Å². The third-order valence-electron chi connectivity index (χ3n) is 2.76. The molecule has 0 spiro atoms. The summed E-state index contributed by atoms with van der Waals surface area (Å²) in [5, 5.41) is 0. The average molecular weight is 241 g/mol. The number of esters is 1. The highest BCUT2D eigenvalue weighted by molar-refractivity contribution is 6.16. The number of nitrogens with zero attached hydrogens (tertiary/aromatic N) is 1. The second-order valence-electron chi connectivity index (χ2n) is 3.80. The van der Waals surface area contributed by atoms with Crippen LogP contribution >= 0.6 is 0 Å². The lowest BCUT2D eigenvalue weighted by atomic mass is 10.1. The molecule has 0 fully saturated rings. The number of fused-ring (bicyclic) bond motifs is 1. The van der Waals surface area contributed by atoms with Crippen molar-refractivity contribution < 1.29 is 14.3 Å². The molecule has 0 amide bonds. The van der Waals surface area contributed by atoms with Crippen molar-refractivity contribution in [1.29, 1.82) is 0 Å². The topological polar surface area (TPSA) is 47.7 Å². The van der Waals surface area contributed by atoms with Crippen LogP contribution in [0.1, 0.15) is 29.3 Å². The summed E-state index contributed by atoms with van der Waals surface area (Å²) in [6.45, 7) is 8.98. The Balaban J connectivity index is 2.55. The number of Topliss-reactive ketones (excluding diaryl/α,β-unsaturated/α-hetero) is 1. The summed E-state index contributed by atoms with van der Waals surface area (Å²) in [7, 11) is 0. The Hall–Kier alpha value is -2.41. The molecule has 0 aliphatic heterocycles. The number of carbonyl (C=O) groups excluding carboxylic acids is 2. The minimum Gasteiger partial charge on any atom is -0.471 e. The largest absolute Gasteiger partial charge is 0.471 e. The van der Waals surface area contributed by atoms with Crippen molar-refractivity contribution in [1.82, 2.24) is 0 Å². The minimum absolute atomic E-state index is 0.0638. The van der Waals surface area contributed by atoms with Crippen molar-refractivity contribution in [3.63, 3.8) is 0 Å². The van der Waals surface area contributed by atoms with Crippen molar-refractivity contribution in [3.05, 3.63) is 52.5 Å². The zero-order valence-corrected chi connectivity index (χ0v) is 9.90. The first kappa shape index (κ1) is 12.1. The maximum Gasteiger partial charge on any atom is 0.336 e. The molecule has 1 aromatic rings. The molecule has 4 heteroatoms. The molecule has 18 heavy (non-hydrogen) atoms. The molecule has 0 bridgehead atoms. The first-order valence-corrected chi connectivity index (χ1v) is 5.59. The van der Waals surface area contributed by atoms with Crippen LogP contribution in [0.5, 0.6) is 0 Å². The molecule has 4 nitrogen and oxygen atoms in total. The van der Waals surface area contributed by atoms with E-state index in [1.54, 1.807) is 31.2 Å². The van der Waals surface area contributed by atoms with E-state index in [4.69, 9.17) is 11.3 Å². The van der Waals surface area contributed by atoms with Gasteiger partial charge in [-0.3, -0.25) is 9.59 Å². The van der Waals surface area contributed by atoms with Crippen LogP contribution in [0.4, 0.5) is 0 Å². The molecule has 0 saturated heterocycles. The van der Waals surface area contributed by atoms with Gasteiger partial charge in [0, 0.05) is 12.0 Å². The van der Waals surface area contributed by atoms with Crippen molar-refractivity contribution in [3.8, 4) is 0 Å². The summed E-state index contributed by atoms with van der Waals surface area (Å²) >= 11 is 0. The van der Waals surface area contributed by atoms with Gasteiger partial charge in [-0.05, 0) is 18.1 Å². The molecule has 0 unspecified atom stereocenters. The van der Waals surface area contributed by atoms with E-state index < -0.39 is 5.97 Å². The van der Waals surface area contributed by atoms with E-state index in [0.717, 1.165) is 0 Å². The molecule has 0 heterocycles. The Bertz CT molecular complexity index is 593. The standard InChI is InChI=1S/C14H11NO3/c1-3-18-14(17)13(15-2)11-8-12(16)10-7-5-4-6-9(10)11/h4-7H,3,8H2,1H3/b13-11-. The van der Waals surface area contributed by atoms with E-state index in [-0.39, 0.29) is 24.5 Å². The summed E-state index contributed by atoms with van der Waals surface area (Å²) in [6, 6.07) is 7.00. The van der Waals surface area contributed by atoms with Crippen LogP contribution < -0.4 is 0 Å². The smallest absolute Gasteiger partial charge is 0.336 e. The van der Waals surface area contributed by atoms with Gasteiger partial charge in [0.25, 0.3) is 5.70 Å². The van der Waals surface area contributed by atoms with Crippen LogP contribution in [0.15, 0.2) is 30.0 Å². The summed E-state index contributed by atoms with van der Waals surface area (Å²) in [5.41, 5.74) is 1.62. The Morgan fingerprint density at radius 2 is 2.06 bits per heavy atom. The molecule has 1 aliphatic carbocycles. The quantitative estimate of drug-likeness (QED) is 0.454. The summed E-state index contributed by atoms with van der Waals surface area (Å²) in [6.07, 6.45) is 0.0931. The third kappa shape index (κ3) is 1.91. The fraction of sp³-hybridized carbons (Fsp3) is 0.214. The predicted octanol–water partition coefficient (Wildman–Crippen LogP) is 2.47. The van der Waals surface area contributed by atoms with E-state index in [0.29, 0.717) is 16.7 Å². The number of hydrogen-bond donors (Lipinski definition) is 0. The molecule has 1 aliphatic rings. The highest BCUT2D eigenvalue weighted by atomic mass is 16.5. The van der Waals surface area contributed by atoms with Crippen LogP contribution in [0.3, 0.4) is 0 Å². The molecular formula is C14H11NO3. The summed E-state index contributed by atoms with van der Waals surface area (Å²) < 4.78 is 4.84. The molecule has 0 atom stereocenters. The van der Waals surface area contributed by atoms with E-state index in [2.05, 4.69) is 4.85 Å². The minimum atomic E-state index is -0.660. The maximum absolute atomic E-state index is 11.8. The summed E-state index contributed by atoms with van der Waals surface area (Å²) in [5.74, 6) is -0.724. The Labute approximate surface area is 105 Å². The van der Waals surface area contributed by atoms with Crippen LogP contribution in [0.2, 0.25) is 0 Å². The van der Waals surface area contributed by atoms with Gasteiger partial charge in [0.2, 0.25) is 0 Å². The molecule has 0 saturated carbocycles. The lowest BCUT2D eigenvalue weighted by Crippen LogP contribution is -2.07. The van der Waals surface area contributed by atoms with Crippen molar-refractivity contribution in [2.45, 2.75) is 13.3 Å². The Morgan fingerprint density at radius 3 is 2.67 bits per heavy atom. The summed E-state index contributed by atoms with van der Waals surface area (Å²) in [4.78, 5) is 26.7. The number of allylic oxidation sites excluding steroid dienone is 1. The second kappa shape index (κ2) is 4.84.